The van der Waals surface area contributed by atoms with Crippen molar-refractivity contribution in [2.75, 3.05) is 11.5 Å². The van der Waals surface area contributed by atoms with Gasteiger partial charge in [-0.05, 0) is 24.1 Å². The Morgan fingerprint density at radius 2 is 1.87 bits per heavy atom. The molecule has 0 aliphatic heterocycles. The standard InChI is InChI=1S/C11H14N4/c1-6(2)10-8-4-3-7(12)5-9(8)14-11(13)15-10/h3-6H,12H2,1-2H3,(H2,13,14,15). The molecular formula is C11H14N4. The number of nitrogens with two attached hydrogens (primary N) is 2. The van der Waals surface area contributed by atoms with E-state index in [2.05, 4.69) is 23.8 Å². The van der Waals surface area contributed by atoms with E-state index in [4.69, 9.17) is 11.5 Å². The first kappa shape index (κ1) is 9.71. The number of nitrogens with zero attached hydrogens (tertiary/aromatic N) is 2. The predicted molar refractivity (Wildman–Crippen MR) is 62.5 cm³/mol. The SMILES string of the molecule is CC(C)c1nc(N)nc2cc(N)ccc12. The zero-order chi connectivity index (χ0) is 11.0. The van der Waals surface area contributed by atoms with Crippen LogP contribution in [0.2, 0.25) is 0 Å². The van der Waals surface area contributed by atoms with Gasteiger partial charge in [-0.15, -0.1) is 0 Å². The third kappa shape index (κ3) is 1.70. The van der Waals surface area contributed by atoms with Crippen molar-refractivity contribution >= 4 is 22.5 Å². The maximum atomic E-state index is 5.70. The van der Waals surface area contributed by atoms with Crippen LogP contribution in [0.5, 0.6) is 0 Å². The van der Waals surface area contributed by atoms with Gasteiger partial charge < -0.3 is 11.5 Å². The molecule has 1 aromatic carbocycles. The second-order valence-electron chi connectivity index (χ2n) is 3.90. The Morgan fingerprint density at radius 1 is 1.13 bits per heavy atom. The van der Waals surface area contributed by atoms with Crippen molar-refractivity contribution in [2.45, 2.75) is 19.8 Å². The summed E-state index contributed by atoms with van der Waals surface area (Å²) >= 11 is 0. The molecule has 0 saturated carbocycles. The van der Waals surface area contributed by atoms with Crippen molar-refractivity contribution in [2.24, 2.45) is 0 Å². The maximum absolute atomic E-state index is 5.70. The van der Waals surface area contributed by atoms with Crippen molar-refractivity contribution < 1.29 is 0 Å². The first-order valence-corrected chi connectivity index (χ1v) is 4.90. The summed E-state index contributed by atoms with van der Waals surface area (Å²) in [6.07, 6.45) is 0. The number of hydrogen-bond acceptors (Lipinski definition) is 4. The van der Waals surface area contributed by atoms with Gasteiger partial charge in [0.1, 0.15) is 0 Å². The summed E-state index contributed by atoms with van der Waals surface area (Å²) in [5.74, 6) is 0.623. The lowest BCUT2D eigenvalue weighted by Crippen LogP contribution is -2.02. The normalized spacial score (nSPS) is 11.1. The highest BCUT2D eigenvalue weighted by molar-refractivity contribution is 5.85. The smallest absolute Gasteiger partial charge is 0.220 e. The zero-order valence-corrected chi connectivity index (χ0v) is 8.86. The molecule has 0 fully saturated rings. The van der Waals surface area contributed by atoms with Crippen molar-refractivity contribution in [1.29, 1.82) is 0 Å². The average molecular weight is 202 g/mol. The second-order valence-corrected chi connectivity index (χ2v) is 3.90. The molecule has 0 spiro atoms. The van der Waals surface area contributed by atoms with Crippen molar-refractivity contribution in [3.8, 4) is 0 Å². The van der Waals surface area contributed by atoms with Gasteiger partial charge in [0.15, 0.2) is 0 Å². The molecule has 0 atom stereocenters. The van der Waals surface area contributed by atoms with Gasteiger partial charge in [0, 0.05) is 11.1 Å². The summed E-state index contributed by atoms with van der Waals surface area (Å²) < 4.78 is 0. The van der Waals surface area contributed by atoms with Gasteiger partial charge in [-0.2, -0.15) is 0 Å². The number of benzene rings is 1. The minimum absolute atomic E-state index is 0.303. The Balaban J connectivity index is 2.80. The number of aromatic nitrogens is 2. The Labute approximate surface area is 88.3 Å². The lowest BCUT2D eigenvalue weighted by atomic mass is 10.0. The van der Waals surface area contributed by atoms with E-state index in [0.717, 1.165) is 16.6 Å². The quantitative estimate of drug-likeness (QED) is 0.692. The molecule has 0 aliphatic rings. The van der Waals surface area contributed by atoms with E-state index in [1.54, 1.807) is 0 Å². The van der Waals surface area contributed by atoms with E-state index in [1.165, 1.54) is 0 Å². The molecule has 4 heteroatoms. The number of hydrogen-bond donors (Lipinski definition) is 2. The minimum Gasteiger partial charge on any atom is -0.399 e. The number of fused-ring (bicyclic) bond motifs is 1. The Morgan fingerprint density at radius 3 is 2.53 bits per heavy atom. The van der Waals surface area contributed by atoms with Crippen LogP contribution in [0.1, 0.15) is 25.5 Å². The molecule has 15 heavy (non-hydrogen) atoms. The Bertz CT molecular complexity index is 500. The van der Waals surface area contributed by atoms with Crippen LogP contribution < -0.4 is 11.5 Å². The van der Waals surface area contributed by atoms with Crippen LogP contribution in [0.4, 0.5) is 11.6 Å². The van der Waals surface area contributed by atoms with E-state index >= 15 is 0 Å². The van der Waals surface area contributed by atoms with Gasteiger partial charge in [0.25, 0.3) is 0 Å². The van der Waals surface area contributed by atoms with Crippen LogP contribution in [-0.4, -0.2) is 9.97 Å². The summed E-state index contributed by atoms with van der Waals surface area (Å²) in [5, 5.41) is 1.02. The summed E-state index contributed by atoms with van der Waals surface area (Å²) in [5.41, 5.74) is 13.8. The highest BCUT2D eigenvalue weighted by Gasteiger charge is 2.09. The largest absolute Gasteiger partial charge is 0.399 e. The molecular weight excluding hydrogens is 188 g/mol. The molecule has 4 nitrogen and oxygen atoms in total. The zero-order valence-electron chi connectivity index (χ0n) is 8.86. The summed E-state index contributed by atoms with van der Waals surface area (Å²) in [6.45, 7) is 4.16. The topological polar surface area (TPSA) is 77.8 Å². The van der Waals surface area contributed by atoms with Gasteiger partial charge in [0.05, 0.1) is 11.2 Å². The molecule has 1 aromatic heterocycles. The molecule has 78 valence electrons. The fourth-order valence-corrected chi connectivity index (χ4v) is 1.63. The Hall–Kier alpha value is -1.84. The highest BCUT2D eigenvalue weighted by Crippen LogP contribution is 2.24. The van der Waals surface area contributed by atoms with Crippen molar-refractivity contribution in [3.05, 3.63) is 23.9 Å². The summed E-state index contributed by atoms with van der Waals surface area (Å²) in [4.78, 5) is 8.42. The van der Waals surface area contributed by atoms with E-state index in [-0.39, 0.29) is 0 Å². The van der Waals surface area contributed by atoms with Gasteiger partial charge in [-0.1, -0.05) is 13.8 Å². The molecule has 0 amide bonds. The van der Waals surface area contributed by atoms with Crippen LogP contribution in [0, 0.1) is 0 Å². The van der Waals surface area contributed by atoms with Gasteiger partial charge in [-0.25, -0.2) is 9.97 Å². The fraction of sp³-hybridized carbons (Fsp3) is 0.273. The van der Waals surface area contributed by atoms with E-state index in [1.807, 2.05) is 18.2 Å². The molecule has 0 saturated heterocycles. The first-order chi connectivity index (χ1) is 7.08. The van der Waals surface area contributed by atoms with Crippen LogP contribution in [0.3, 0.4) is 0 Å². The highest BCUT2D eigenvalue weighted by atomic mass is 15.0. The molecule has 0 unspecified atom stereocenters. The van der Waals surface area contributed by atoms with Gasteiger partial charge >= 0.3 is 0 Å². The minimum atomic E-state index is 0.303. The lowest BCUT2D eigenvalue weighted by molar-refractivity contribution is 0.832. The monoisotopic (exact) mass is 202 g/mol. The van der Waals surface area contributed by atoms with E-state index in [0.29, 0.717) is 17.6 Å². The predicted octanol–water partition coefficient (Wildman–Crippen LogP) is 1.92. The summed E-state index contributed by atoms with van der Waals surface area (Å²) in [7, 11) is 0. The van der Waals surface area contributed by atoms with Gasteiger partial charge in [-0.3, -0.25) is 0 Å². The number of anilines is 2. The molecule has 1 heterocycles. The Kier molecular flexibility index (Phi) is 2.19. The van der Waals surface area contributed by atoms with Crippen LogP contribution in [0.25, 0.3) is 10.9 Å². The van der Waals surface area contributed by atoms with Crippen LogP contribution >= 0.6 is 0 Å². The van der Waals surface area contributed by atoms with E-state index in [9.17, 15) is 0 Å². The molecule has 0 aliphatic carbocycles. The van der Waals surface area contributed by atoms with Crippen molar-refractivity contribution in [1.82, 2.24) is 9.97 Å². The first-order valence-electron chi connectivity index (χ1n) is 4.90. The number of rotatable bonds is 1. The molecule has 0 radical (unpaired) electrons. The average Bonchev–Trinajstić information content (AvgIpc) is 2.15. The molecule has 4 N–H and O–H groups in total. The third-order valence-corrected chi connectivity index (χ3v) is 2.31. The summed E-state index contributed by atoms with van der Waals surface area (Å²) in [6, 6.07) is 5.62. The molecule has 0 bridgehead atoms. The van der Waals surface area contributed by atoms with E-state index < -0.39 is 0 Å². The molecule has 2 aromatic rings. The fourth-order valence-electron chi connectivity index (χ4n) is 1.63. The van der Waals surface area contributed by atoms with Crippen LogP contribution in [0.15, 0.2) is 18.2 Å². The second kappa shape index (κ2) is 3.38. The van der Waals surface area contributed by atoms with Gasteiger partial charge in [0.2, 0.25) is 5.95 Å². The van der Waals surface area contributed by atoms with Crippen LogP contribution in [-0.2, 0) is 0 Å². The molecule has 2 rings (SSSR count). The maximum Gasteiger partial charge on any atom is 0.220 e. The lowest BCUT2D eigenvalue weighted by Gasteiger charge is -2.09. The number of nitrogen functional groups attached to an aromatic ring is 2. The third-order valence-electron chi connectivity index (χ3n) is 2.31. The van der Waals surface area contributed by atoms with Crippen molar-refractivity contribution in [3.63, 3.8) is 0 Å².